The maximum Gasteiger partial charge on any atom is 0.335 e. The Bertz CT molecular complexity index is 292. The van der Waals surface area contributed by atoms with Gasteiger partial charge in [-0.2, -0.15) is 0 Å². The van der Waals surface area contributed by atoms with Gasteiger partial charge in [0.05, 0.1) is 11.7 Å². The maximum atomic E-state index is 10.5. The van der Waals surface area contributed by atoms with E-state index in [9.17, 15) is 4.79 Å². The molecule has 0 bridgehead atoms. The molecule has 0 saturated heterocycles. The van der Waals surface area contributed by atoms with Crippen LogP contribution in [0.3, 0.4) is 0 Å². The van der Waals surface area contributed by atoms with Crippen LogP contribution in [0.1, 0.15) is 28.9 Å². The van der Waals surface area contributed by atoms with Crippen LogP contribution in [0.2, 0.25) is 0 Å². The molecule has 2 N–H and O–H groups in total. The molecule has 0 spiro atoms. The molecule has 0 amide bonds. The molecule has 0 saturated carbocycles. The van der Waals surface area contributed by atoms with Gasteiger partial charge >= 0.3 is 5.97 Å². The lowest BCUT2D eigenvalue weighted by molar-refractivity contribution is 0.0696. The second-order valence-corrected chi connectivity index (χ2v) is 2.61. The number of carboxylic acids is 1. The summed E-state index contributed by atoms with van der Waals surface area (Å²) in [5, 5.41) is 17.7. The summed E-state index contributed by atoms with van der Waals surface area (Å²) in [6.07, 6.45) is -0.621. The van der Waals surface area contributed by atoms with Crippen molar-refractivity contribution in [1.82, 2.24) is 0 Å². The van der Waals surface area contributed by atoms with Gasteiger partial charge in [0.15, 0.2) is 0 Å². The fourth-order valence-corrected chi connectivity index (χ4v) is 0.932. The third-order valence-electron chi connectivity index (χ3n) is 1.62. The summed E-state index contributed by atoms with van der Waals surface area (Å²) in [5.41, 5.74) is 0.823. The number of aromatic carboxylic acids is 1. The Morgan fingerprint density at radius 1 is 1.50 bits per heavy atom. The Labute approximate surface area is 70.3 Å². The van der Waals surface area contributed by atoms with Crippen LogP contribution in [-0.4, -0.2) is 16.2 Å². The third kappa shape index (κ3) is 1.83. The molecule has 1 atom stereocenters. The summed E-state index contributed by atoms with van der Waals surface area (Å²) in [5.74, 6) is -0.975. The number of carboxylic acid groups (broad SMARTS) is 1. The molecule has 0 aliphatic carbocycles. The second-order valence-electron chi connectivity index (χ2n) is 2.61. The standard InChI is InChI=1S/C9H10O3/c1-6(10)7-3-2-4-8(5-7)9(11)12/h2-6,10H,1H3,(H,11,12). The molecule has 0 heterocycles. The molecule has 0 fully saturated rings. The highest BCUT2D eigenvalue weighted by Crippen LogP contribution is 2.13. The van der Waals surface area contributed by atoms with Crippen LogP contribution in [-0.2, 0) is 0 Å². The smallest absolute Gasteiger partial charge is 0.335 e. The lowest BCUT2D eigenvalue weighted by Crippen LogP contribution is -1.98. The molecule has 3 heteroatoms. The number of benzene rings is 1. The summed E-state index contributed by atoms with van der Waals surface area (Å²) in [7, 11) is 0. The van der Waals surface area contributed by atoms with E-state index < -0.39 is 12.1 Å². The number of aliphatic hydroxyl groups is 1. The Morgan fingerprint density at radius 2 is 2.17 bits per heavy atom. The highest BCUT2D eigenvalue weighted by atomic mass is 16.4. The maximum absolute atomic E-state index is 10.5. The Kier molecular flexibility index (Phi) is 2.45. The summed E-state index contributed by atoms with van der Waals surface area (Å²) < 4.78 is 0. The predicted molar refractivity (Wildman–Crippen MR) is 44.0 cm³/mol. The zero-order chi connectivity index (χ0) is 9.14. The van der Waals surface area contributed by atoms with Crippen molar-refractivity contribution in [3.63, 3.8) is 0 Å². The van der Waals surface area contributed by atoms with E-state index >= 15 is 0 Å². The SMILES string of the molecule is CC(O)c1cccc(C(=O)O)c1. The zero-order valence-electron chi connectivity index (χ0n) is 6.69. The van der Waals surface area contributed by atoms with Gasteiger partial charge in [0.2, 0.25) is 0 Å². The van der Waals surface area contributed by atoms with Crippen molar-refractivity contribution in [2.75, 3.05) is 0 Å². The van der Waals surface area contributed by atoms with Crippen LogP contribution in [0.5, 0.6) is 0 Å². The Morgan fingerprint density at radius 3 is 2.67 bits per heavy atom. The summed E-state index contributed by atoms with van der Waals surface area (Å²) >= 11 is 0. The van der Waals surface area contributed by atoms with Gasteiger partial charge < -0.3 is 10.2 Å². The topological polar surface area (TPSA) is 57.5 Å². The highest BCUT2D eigenvalue weighted by molar-refractivity contribution is 5.87. The van der Waals surface area contributed by atoms with Crippen LogP contribution in [0, 0.1) is 0 Å². The van der Waals surface area contributed by atoms with Gasteiger partial charge in [0.25, 0.3) is 0 Å². The molecule has 0 aliphatic rings. The van der Waals surface area contributed by atoms with E-state index in [1.165, 1.54) is 12.1 Å². The molecule has 0 aromatic heterocycles. The predicted octanol–water partition coefficient (Wildman–Crippen LogP) is 1.44. The van der Waals surface area contributed by atoms with E-state index in [1.54, 1.807) is 19.1 Å². The van der Waals surface area contributed by atoms with Gasteiger partial charge in [-0.15, -0.1) is 0 Å². The Hall–Kier alpha value is -1.35. The number of carbonyl (C=O) groups is 1. The van der Waals surface area contributed by atoms with Crippen molar-refractivity contribution >= 4 is 5.97 Å². The first-order chi connectivity index (χ1) is 5.61. The first kappa shape index (κ1) is 8.74. The summed E-state index contributed by atoms with van der Waals surface area (Å²) in [6.45, 7) is 1.60. The van der Waals surface area contributed by atoms with Gasteiger partial charge in [-0.25, -0.2) is 4.79 Å². The minimum absolute atomic E-state index is 0.202. The van der Waals surface area contributed by atoms with Crippen molar-refractivity contribution in [1.29, 1.82) is 0 Å². The molecule has 0 radical (unpaired) electrons. The fourth-order valence-electron chi connectivity index (χ4n) is 0.932. The van der Waals surface area contributed by atoms with Crippen molar-refractivity contribution < 1.29 is 15.0 Å². The van der Waals surface area contributed by atoms with E-state index in [-0.39, 0.29) is 5.56 Å². The van der Waals surface area contributed by atoms with Gasteiger partial charge in [0, 0.05) is 0 Å². The third-order valence-corrected chi connectivity index (χ3v) is 1.62. The monoisotopic (exact) mass is 166 g/mol. The largest absolute Gasteiger partial charge is 0.478 e. The van der Waals surface area contributed by atoms with Crippen LogP contribution >= 0.6 is 0 Å². The normalized spacial score (nSPS) is 12.5. The quantitative estimate of drug-likeness (QED) is 0.698. The van der Waals surface area contributed by atoms with E-state index in [1.807, 2.05) is 0 Å². The highest BCUT2D eigenvalue weighted by Gasteiger charge is 2.05. The van der Waals surface area contributed by atoms with Gasteiger partial charge in [-0.3, -0.25) is 0 Å². The van der Waals surface area contributed by atoms with Crippen molar-refractivity contribution in [2.45, 2.75) is 13.0 Å². The van der Waals surface area contributed by atoms with Gasteiger partial charge in [-0.05, 0) is 24.6 Å². The molecule has 12 heavy (non-hydrogen) atoms. The average Bonchev–Trinajstić information content (AvgIpc) is 2.04. The molecular formula is C9H10O3. The van der Waals surface area contributed by atoms with E-state index in [0.29, 0.717) is 5.56 Å². The van der Waals surface area contributed by atoms with E-state index in [2.05, 4.69) is 0 Å². The number of rotatable bonds is 2. The van der Waals surface area contributed by atoms with Crippen LogP contribution in [0.25, 0.3) is 0 Å². The fraction of sp³-hybridized carbons (Fsp3) is 0.222. The van der Waals surface area contributed by atoms with Crippen LogP contribution in [0.4, 0.5) is 0 Å². The number of hydrogen-bond donors (Lipinski definition) is 2. The molecule has 1 aromatic carbocycles. The molecule has 64 valence electrons. The average molecular weight is 166 g/mol. The minimum Gasteiger partial charge on any atom is -0.478 e. The summed E-state index contributed by atoms with van der Waals surface area (Å²) in [4.78, 5) is 10.5. The van der Waals surface area contributed by atoms with Crippen LogP contribution < -0.4 is 0 Å². The zero-order valence-corrected chi connectivity index (χ0v) is 6.69. The number of aliphatic hydroxyl groups excluding tert-OH is 1. The van der Waals surface area contributed by atoms with Crippen molar-refractivity contribution in [2.24, 2.45) is 0 Å². The first-order valence-corrected chi connectivity index (χ1v) is 3.62. The molecule has 0 aliphatic heterocycles. The lowest BCUT2D eigenvalue weighted by atomic mass is 10.1. The number of hydrogen-bond acceptors (Lipinski definition) is 2. The van der Waals surface area contributed by atoms with E-state index in [4.69, 9.17) is 10.2 Å². The molecular weight excluding hydrogens is 156 g/mol. The molecule has 1 aromatic rings. The second kappa shape index (κ2) is 3.36. The first-order valence-electron chi connectivity index (χ1n) is 3.62. The minimum atomic E-state index is -0.975. The summed E-state index contributed by atoms with van der Waals surface area (Å²) in [6, 6.07) is 6.27. The van der Waals surface area contributed by atoms with Crippen molar-refractivity contribution in [3.05, 3.63) is 35.4 Å². The Balaban J connectivity index is 3.04. The van der Waals surface area contributed by atoms with Gasteiger partial charge in [-0.1, -0.05) is 12.1 Å². The van der Waals surface area contributed by atoms with Crippen molar-refractivity contribution in [3.8, 4) is 0 Å². The lowest BCUT2D eigenvalue weighted by Gasteiger charge is -2.04. The molecule has 3 nitrogen and oxygen atoms in total. The molecule has 1 rings (SSSR count). The van der Waals surface area contributed by atoms with E-state index in [0.717, 1.165) is 0 Å². The molecule has 1 unspecified atom stereocenters. The van der Waals surface area contributed by atoms with Gasteiger partial charge in [0.1, 0.15) is 0 Å². The van der Waals surface area contributed by atoms with Crippen LogP contribution in [0.15, 0.2) is 24.3 Å².